The first-order valence-corrected chi connectivity index (χ1v) is 12.6. The van der Waals surface area contributed by atoms with Crippen LogP contribution in [0.1, 0.15) is 52.4 Å². The Hall–Kier alpha value is -1.19. The Balaban J connectivity index is 2.30. The van der Waals surface area contributed by atoms with Gasteiger partial charge in [-0.05, 0) is 0 Å². The molecule has 27 heavy (non-hydrogen) atoms. The van der Waals surface area contributed by atoms with Gasteiger partial charge >= 0.3 is 173 Å². The predicted molar refractivity (Wildman–Crippen MR) is 117 cm³/mol. The van der Waals surface area contributed by atoms with Crippen LogP contribution in [-0.2, 0) is 10.8 Å². The first-order chi connectivity index (χ1) is 13.1. The van der Waals surface area contributed by atoms with Crippen molar-refractivity contribution in [2.75, 3.05) is 0 Å². The monoisotopic (exact) mass is 450 g/mol. The fourth-order valence-electron chi connectivity index (χ4n) is 2.87. The van der Waals surface area contributed by atoms with E-state index in [1.54, 1.807) is 6.92 Å². The topological polar surface area (TPSA) is 37.3 Å². The standard InChI is InChI=1S/C23H30O2SSe/c1-3-4-5-6-13-18-22(26(25)20-14-9-7-10-15-20)23(19(2)24)27-21-16-11-8-12-17-21/h7-12,14-17,19,24H,3-6,13,18H2,1-2H3/b23-22+. The molecular weight excluding hydrogens is 419 g/mol. The molecule has 0 aromatic heterocycles. The van der Waals surface area contributed by atoms with Gasteiger partial charge in [0.15, 0.2) is 0 Å². The van der Waals surface area contributed by atoms with Gasteiger partial charge in [-0.15, -0.1) is 0 Å². The number of hydrogen-bond donors (Lipinski definition) is 1. The zero-order valence-electron chi connectivity index (χ0n) is 16.3. The second-order valence-corrected chi connectivity index (χ2v) is 10.5. The SMILES string of the molecule is CCCCCCC/C(=C(\[Se]c1ccccc1)C(C)O)S(=O)c1ccccc1. The van der Waals surface area contributed by atoms with Gasteiger partial charge in [0.2, 0.25) is 0 Å². The van der Waals surface area contributed by atoms with Gasteiger partial charge in [0.05, 0.1) is 0 Å². The van der Waals surface area contributed by atoms with Crippen LogP contribution in [0.5, 0.6) is 0 Å². The quantitative estimate of drug-likeness (QED) is 0.396. The Kier molecular flexibility index (Phi) is 10.1. The Morgan fingerprint density at radius 1 is 0.963 bits per heavy atom. The Labute approximate surface area is 172 Å². The second kappa shape index (κ2) is 12.3. The Bertz CT molecular complexity index is 727. The van der Waals surface area contributed by atoms with Gasteiger partial charge in [0.25, 0.3) is 0 Å². The van der Waals surface area contributed by atoms with Crippen LogP contribution >= 0.6 is 0 Å². The van der Waals surface area contributed by atoms with Crippen molar-refractivity contribution in [2.45, 2.75) is 63.4 Å². The number of aliphatic hydroxyl groups is 1. The van der Waals surface area contributed by atoms with Gasteiger partial charge in [-0.3, -0.25) is 0 Å². The molecule has 0 saturated carbocycles. The molecule has 4 heteroatoms. The summed E-state index contributed by atoms with van der Waals surface area (Å²) in [5.41, 5.74) is 0. The summed E-state index contributed by atoms with van der Waals surface area (Å²) in [5.74, 6) is 0. The Morgan fingerprint density at radius 2 is 1.56 bits per heavy atom. The van der Waals surface area contributed by atoms with Crippen LogP contribution < -0.4 is 4.46 Å². The van der Waals surface area contributed by atoms with E-state index in [9.17, 15) is 9.32 Å². The third kappa shape index (κ3) is 7.38. The fourth-order valence-corrected chi connectivity index (χ4v) is 6.90. The number of unbranched alkanes of at least 4 members (excludes halogenated alkanes) is 4. The normalized spacial score (nSPS) is 14.5. The minimum absolute atomic E-state index is 0.0291. The number of allylic oxidation sites excluding steroid dienone is 1. The van der Waals surface area contributed by atoms with Crippen LogP contribution in [0.15, 0.2) is 74.9 Å². The molecule has 0 aliphatic carbocycles. The summed E-state index contributed by atoms with van der Waals surface area (Å²) in [4.78, 5) is 1.75. The van der Waals surface area contributed by atoms with Crippen molar-refractivity contribution in [3.05, 3.63) is 70.0 Å². The van der Waals surface area contributed by atoms with E-state index in [0.29, 0.717) is 0 Å². The number of benzene rings is 2. The molecule has 0 fully saturated rings. The summed E-state index contributed by atoms with van der Waals surface area (Å²) in [6.45, 7) is 4.02. The van der Waals surface area contributed by atoms with Crippen molar-refractivity contribution in [1.29, 1.82) is 0 Å². The maximum absolute atomic E-state index is 13.4. The maximum atomic E-state index is 13.4. The molecule has 2 rings (SSSR count). The van der Waals surface area contributed by atoms with E-state index in [1.807, 2.05) is 48.5 Å². The van der Waals surface area contributed by atoms with Crippen molar-refractivity contribution in [2.24, 2.45) is 0 Å². The first kappa shape index (κ1) is 22.1. The molecule has 0 heterocycles. The molecular formula is C23H30O2SSe. The molecule has 0 amide bonds. The summed E-state index contributed by atoms with van der Waals surface area (Å²) >= 11 is -0.0291. The zero-order valence-corrected chi connectivity index (χ0v) is 18.8. The van der Waals surface area contributed by atoms with Crippen molar-refractivity contribution in [3.8, 4) is 0 Å². The van der Waals surface area contributed by atoms with E-state index in [-0.39, 0.29) is 15.0 Å². The molecule has 0 saturated heterocycles. The van der Waals surface area contributed by atoms with Gasteiger partial charge in [-0.2, -0.15) is 0 Å². The molecule has 0 spiro atoms. The average molecular weight is 450 g/mol. The molecule has 2 aromatic carbocycles. The number of rotatable bonds is 11. The molecule has 0 aliphatic rings. The second-order valence-electron chi connectivity index (χ2n) is 6.62. The molecule has 2 nitrogen and oxygen atoms in total. The molecule has 0 radical (unpaired) electrons. The third-order valence-corrected chi connectivity index (χ3v) is 8.94. The van der Waals surface area contributed by atoms with Crippen molar-refractivity contribution < 1.29 is 9.32 Å². The molecule has 2 atom stereocenters. The summed E-state index contributed by atoms with van der Waals surface area (Å²) in [7, 11) is -1.22. The van der Waals surface area contributed by atoms with Gasteiger partial charge in [0.1, 0.15) is 0 Å². The molecule has 0 aliphatic heterocycles. The fraction of sp³-hybridized carbons (Fsp3) is 0.391. The summed E-state index contributed by atoms with van der Waals surface area (Å²) in [6.07, 6.45) is 6.06. The molecule has 2 aromatic rings. The van der Waals surface area contributed by atoms with E-state index < -0.39 is 16.9 Å². The van der Waals surface area contributed by atoms with Crippen LogP contribution in [0.4, 0.5) is 0 Å². The summed E-state index contributed by atoms with van der Waals surface area (Å²) in [6, 6.07) is 19.9. The van der Waals surface area contributed by atoms with Crippen LogP contribution in [0.2, 0.25) is 0 Å². The minimum atomic E-state index is -1.22. The summed E-state index contributed by atoms with van der Waals surface area (Å²) in [5, 5.41) is 10.5. The van der Waals surface area contributed by atoms with Crippen molar-refractivity contribution >= 4 is 30.2 Å². The van der Waals surface area contributed by atoms with E-state index >= 15 is 0 Å². The van der Waals surface area contributed by atoms with E-state index in [1.165, 1.54) is 23.7 Å². The van der Waals surface area contributed by atoms with Crippen LogP contribution in [0.3, 0.4) is 0 Å². The van der Waals surface area contributed by atoms with Crippen LogP contribution in [0.25, 0.3) is 0 Å². The van der Waals surface area contributed by atoms with Gasteiger partial charge in [-0.25, -0.2) is 0 Å². The van der Waals surface area contributed by atoms with Crippen molar-refractivity contribution in [1.82, 2.24) is 0 Å². The van der Waals surface area contributed by atoms with Crippen LogP contribution in [-0.4, -0.2) is 30.4 Å². The zero-order chi connectivity index (χ0) is 19.5. The van der Waals surface area contributed by atoms with E-state index in [4.69, 9.17) is 0 Å². The van der Waals surface area contributed by atoms with Gasteiger partial charge < -0.3 is 0 Å². The number of hydrogen-bond acceptors (Lipinski definition) is 2. The summed E-state index contributed by atoms with van der Waals surface area (Å²) < 4.78 is 15.5. The van der Waals surface area contributed by atoms with E-state index in [2.05, 4.69) is 19.1 Å². The molecule has 1 N–H and O–H groups in total. The molecule has 146 valence electrons. The van der Waals surface area contributed by atoms with Crippen LogP contribution in [0, 0.1) is 0 Å². The van der Waals surface area contributed by atoms with Gasteiger partial charge in [0, 0.05) is 0 Å². The van der Waals surface area contributed by atoms with Gasteiger partial charge in [-0.1, -0.05) is 0 Å². The average Bonchev–Trinajstić information content (AvgIpc) is 2.70. The Morgan fingerprint density at radius 3 is 2.15 bits per heavy atom. The molecule has 0 bridgehead atoms. The first-order valence-electron chi connectivity index (χ1n) is 9.74. The number of aliphatic hydroxyl groups excluding tert-OH is 1. The third-order valence-electron chi connectivity index (χ3n) is 4.31. The van der Waals surface area contributed by atoms with E-state index in [0.717, 1.165) is 33.5 Å². The molecule has 2 unspecified atom stereocenters. The predicted octanol–water partition coefficient (Wildman–Crippen LogP) is 4.78. The van der Waals surface area contributed by atoms with Crippen molar-refractivity contribution in [3.63, 3.8) is 0 Å².